The van der Waals surface area contributed by atoms with Gasteiger partial charge in [-0.1, -0.05) is 42.0 Å². The molecule has 3 rings (SSSR count). The van der Waals surface area contributed by atoms with Crippen LogP contribution in [0, 0.1) is 5.82 Å². The van der Waals surface area contributed by atoms with Crippen LogP contribution >= 0.6 is 11.6 Å². The molecule has 0 aromatic heterocycles. The van der Waals surface area contributed by atoms with Gasteiger partial charge in [0.05, 0.1) is 0 Å². The quantitative estimate of drug-likeness (QED) is 0.626. The van der Waals surface area contributed by atoms with Gasteiger partial charge in [0.2, 0.25) is 0 Å². The van der Waals surface area contributed by atoms with E-state index in [9.17, 15) is 9.18 Å². The SMILES string of the molecule is O=C(c1cc(F)cc(Cl)c1)c1cccc(CN2CC=CC2)c1. The van der Waals surface area contributed by atoms with Crippen LogP contribution in [-0.4, -0.2) is 23.8 Å². The zero-order valence-electron chi connectivity index (χ0n) is 11.9. The number of carbonyl (C=O) groups is 1. The molecule has 0 atom stereocenters. The van der Waals surface area contributed by atoms with Crippen molar-refractivity contribution in [1.29, 1.82) is 0 Å². The molecular weight excluding hydrogens is 301 g/mol. The van der Waals surface area contributed by atoms with Crippen molar-refractivity contribution in [2.45, 2.75) is 6.54 Å². The number of rotatable bonds is 4. The third-order valence-corrected chi connectivity index (χ3v) is 3.83. The van der Waals surface area contributed by atoms with Crippen LogP contribution in [0.3, 0.4) is 0 Å². The zero-order valence-corrected chi connectivity index (χ0v) is 12.7. The molecule has 1 aliphatic heterocycles. The highest BCUT2D eigenvalue weighted by molar-refractivity contribution is 6.31. The van der Waals surface area contributed by atoms with Gasteiger partial charge in [-0.05, 0) is 29.8 Å². The number of hydrogen-bond acceptors (Lipinski definition) is 2. The predicted molar refractivity (Wildman–Crippen MR) is 85.7 cm³/mol. The first-order valence-electron chi connectivity index (χ1n) is 7.09. The number of carbonyl (C=O) groups excluding carboxylic acids is 1. The molecule has 0 fully saturated rings. The molecule has 0 saturated carbocycles. The molecule has 1 aliphatic rings. The fraction of sp³-hybridized carbons (Fsp3) is 0.167. The Morgan fingerprint density at radius 3 is 2.59 bits per heavy atom. The average Bonchev–Trinajstić information content (AvgIpc) is 2.98. The van der Waals surface area contributed by atoms with Crippen LogP contribution in [0.4, 0.5) is 4.39 Å². The van der Waals surface area contributed by atoms with Gasteiger partial charge in [-0.2, -0.15) is 0 Å². The van der Waals surface area contributed by atoms with Gasteiger partial charge >= 0.3 is 0 Å². The highest BCUT2D eigenvalue weighted by Crippen LogP contribution is 2.19. The minimum atomic E-state index is -0.504. The van der Waals surface area contributed by atoms with Gasteiger partial charge in [0.15, 0.2) is 5.78 Å². The fourth-order valence-electron chi connectivity index (χ4n) is 2.57. The molecule has 112 valence electrons. The van der Waals surface area contributed by atoms with E-state index in [1.165, 1.54) is 18.2 Å². The van der Waals surface area contributed by atoms with Crippen molar-refractivity contribution in [3.8, 4) is 0 Å². The summed E-state index contributed by atoms with van der Waals surface area (Å²) in [6, 6.07) is 11.3. The van der Waals surface area contributed by atoms with Crippen molar-refractivity contribution in [3.63, 3.8) is 0 Å². The molecule has 2 nitrogen and oxygen atoms in total. The first-order valence-corrected chi connectivity index (χ1v) is 7.47. The number of nitrogens with zero attached hydrogens (tertiary/aromatic N) is 1. The maximum atomic E-state index is 13.4. The normalized spacial score (nSPS) is 14.5. The Labute approximate surface area is 133 Å². The second-order valence-electron chi connectivity index (χ2n) is 5.35. The maximum Gasteiger partial charge on any atom is 0.193 e. The number of halogens is 2. The van der Waals surface area contributed by atoms with Gasteiger partial charge in [0.25, 0.3) is 0 Å². The van der Waals surface area contributed by atoms with Crippen molar-refractivity contribution >= 4 is 17.4 Å². The lowest BCUT2D eigenvalue weighted by atomic mass is 10.0. The summed E-state index contributed by atoms with van der Waals surface area (Å²) in [5.74, 6) is -0.724. The summed E-state index contributed by atoms with van der Waals surface area (Å²) in [7, 11) is 0. The summed E-state index contributed by atoms with van der Waals surface area (Å²) >= 11 is 5.82. The molecule has 0 radical (unpaired) electrons. The van der Waals surface area contributed by atoms with E-state index in [0.29, 0.717) is 5.56 Å². The standard InChI is InChI=1S/C18H15ClFNO/c19-16-9-15(10-17(20)11-16)18(22)14-5-3-4-13(8-14)12-21-6-1-2-7-21/h1-5,8-11H,6-7,12H2. The van der Waals surface area contributed by atoms with Gasteiger partial charge in [-0.15, -0.1) is 0 Å². The Kier molecular flexibility index (Phi) is 4.36. The molecule has 0 spiro atoms. The number of hydrogen-bond donors (Lipinski definition) is 0. The van der Waals surface area contributed by atoms with Gasteiger partial charge in [0.1, 0.15) is 5.82 Å². The van der Waals surface area contributed by atoms with Gasteiger partial charge in [-0.3, -0.25) is 9.69 Å². The zero-order chi connectivity index (χ0) is 15.5. The van der Waals surface area contributed by atoms with Gasteiger partial charge < -0.3 is 0 Å². The van der Waals surface area contributed by atoms with E-state index in [4.69, 9.17) is 11.6 Å². The van der Waals surface area contributed by atoms with Gasteiger partial charge in [0, 0.05) is 35.8 Å². The molecule has 2 aromatic carbocycles. The highest BCUT2D eigenvalue weighted by Gasteiger charge is 2.13. The summed E-state index contributed by atoms with van der Waals surface area (Å²) in [6.45, 7) is 2.65. The Bertz CT molecular complexity index is 713. The Balaban J connectivity index is 1.83. The minimum absolute atomic E-state index is 0.220. The third kappa shape index (κ3) is 3.43. The molecule has 22 heavy (non-hydrogen) atoms. The van der Waals surface area contributed by atoms with Crippen molar-refractivity contribution < 1.29 is 9.18 Å². The highest BCUT2D eigenvalue weighted by atomic mass is 35.5. The molecule has 0 amide bonds. The third-order valence-electron chi connectivity index (χ3n) is 3.61. The number of ketones is 1. The minimum Gasteiger partial charge on any atom is -0.292 e. The van der Waals surface area contributed by atoms with Crippen LogP contribution in [-0.2, 0) is 6.54 Å². The lowest BCUT2D eigenvalue weighted by molar-refractivity contribution is 0.103. The smallest absolute Gasteiger partial charge is 0.193 e. The molecule has 0 bridgehead atoms. The first-order chi connectivity index (χ1) is 10.6. The van der Waals surface area contributed by atoms with E-state index >= 15 is 0 Å². The Morgan fingerprint density at radius 2 is 1.86 bits per heavy atom. The summed E-state index contributed by atoms with van der Waals surface area (Å²) < 4.78 is 13.4. The van der Waals surface area contributed by atoms with E-state index in [0.717, 1.165) is 25.2 Å². The van der Waals surface area contributed by atoms with Crippen molar-refractivity contribution in [1.82, 2.24) is 4.90 Å². The van der Waals surface area contributed by atoms with Crippen LogP contribution in [0.5, 0.6) is 0 Å². The molecule has 0 N–H and O–H groups in total. The molecule has 0 unspecified atom stereocenters. The maximum absolute atomic E-state index is 13.4. The van der Waals surface area contributed by atoms with Crippen molar-refractivity contribution in [2.24, 2.45) is 0 Å². The van der Waals surface area contributed by atoms with Crippen LogP contribution in [0.2, 0.25) is 5.02 Å². The van der Waals surface area contributed by atoms with Gasteiger partial charge in [-0.25, -0.2) is 4.39 Å². The second-order valence-corrected chi connectivity index (χ2v) is 5.79. The second kappa shape index (κ2) is 6.42. The molecule has 0 saturated heterocycles. The van der Waals surface area contributed by atoms with E-state index in [1.807, 2.05) is 18.2 Å². The van der Waals surface area contributed by atoms with Crippen molar-refractivity contribution in [2.75, 3.05) is 13.1 Å². The summed E-state index contributed by atoms with van der Waals surface area (Å²) in [4.78, 5) is 14.8. The lowest BCUT2D eigenvalue weighted by Gasteiger charge is -2.15. The largest absolute Gasteiger partial charge is 0.292 e. The Morgan fingerprint density at radius 1 is 1.09 bits per heavy atom. The summed E-state index contributed by atoms with van der Waals surface area (Å²) in [5, 5.41) is 0.225. The molecule has 2 aromatic rings. The molecular formula is C18H15ClFNO. The Hall–Kier alpha value is -1.97. The molecule has 4 heteroatoms. The van der Waals surface area contributed by atoms with E-state index in [-0.39, 0.29) is 16.4 Å². The van der Waals surface area contributed by atoms with Crippen LogP contribution in [0.15, 0.2) is 54.6 Å². The van der Waals surface area contributed by atoms with Crippen LogP contribution in [0.25, 0.3) is 0 Å². The summed E-state index contributed by atoms with van der Waals surface area (Å²) in [6.07, 6.45) is 4.26. The summed E-state index contributed by atoms with van der Waals surface area (Å²) in [5.41, 5.74) is 1.88. The van der Waals surface area contributed by atoms with E-state index in [1.54, 1.807) is 6.07 Å². The predicted octanol–water partition coefficient (Wildman–Crippen LogP) is 4.08. The molecule has 1 heterocycles. The fourth-order valence-corrected chi connectivity index (χ4v) is 2.79. The first kappa shape index (κ1) is 14.9. The van der Waals surface area contributed by atoms with E-state index < -0.39 is 5.82 Å². The monoisotopic (exact) mass is 315 g/mol. The van der Waals surface area contributed by atoms with Crippen molar-refractivity contribution in [3.05, 3.63) is 82.1 Å². The van der Waals surface area contributed by atoms with Crippen LogP contribution < -0.4 is 0 Å². The van der Waals surface area contributed by atoms with Crippen LogP contribution in [0.1, 0.15) is 21.5 Å². The average molecular weight is 316 g/mol. The molecule has 0 aliphatic carbocycles. The topological polar surface area (TPSA) is 20.3 Å². The number of benzene rings is 2. The van der Waals surface area contributed by atoms with E-state index in [2.05, 4.69) is 17.1 Å². The lowest BCUT2D eigenvalue weighted by Crippen LogP contribution is -2.19.